The molecule has 13 atom stereocenters. The molecule has 4 heterocycles. The summed E-state index contributed by atoms with van der Waals surface area (Å²) in [5.41, 5.74) is 4.70. The summed E-state index contributed by atoms with van der Waals surface area (Å²) in [6, 6.07) is 0. The molecule has 0 aromatic rings. The van der Waals surface area contributed by atoms with Crippen LogP contribution in [0.25, 0.3) is 0 Å². The third kappa shape index (κ3) is 11.9. The summed E-state index contributed by atoms with van der Waals surface area (Å²) in [6.07, 6.45) is 3.59. The first-order chi connectivity index (χ1) is 29.7. The number of carbonyl (C=O) groups excluding carboxylic acids is 1. The van der Waals surface area contributed by atoms with Crippen molar-refractivity contribution in [1.29, 1.82) is 0 Å². The number of hydrogen-bond donors (Lipinski definition) is 6. The molecule has 2 saturated carbocycles. The van der Waals surface area contributed by atoms with Gasteiger partial charge < -0.3 is 55.8 Å². The van der Waals surface area contributed by atoms with Crippen LogP contribution in [-0.2, 0) is 28.5 Å². The van der Waals surface area contributed by atoms with Crippen LogP contribution in [0.1, 0.15) is 111 Å². The smallest absolute Gasteiger partial charge is 0.449 e. The zero-order valence-corrected chi connectivity index (χ0v) is 38.4. The van der Waals surface area contributed by atoms with Gasteiger partial charge in [-0.15, -0.1) is 0 Å². The van der Waals surface area contributed by atoms with E-state index in [9.17, 15) is 9.90 Å². The molecule has 358 valence electrons. The maximum absolute atomic E-state index is 15.0. The number of nitrogens with two attached hydrogens (primary N) is 1. The fourth-order valence-corrected chi connectivity index (χ4v) is 12.1. The Morgan fingerprint density at radius 1 is 0.935 bits per heavy atom. The molecule has 4 aliphatic heterocycles. The predicted octanol–water partition coefficient (Wildman–Crippen LogP) is 5.23. The molecule has 3 saturated heterocycles. The van der Waals surface area contributed by atoms with Crippen molar-refractivity contribution in [3.63, 3.8) is 0 Å². The third-order valence-corrected chi connectivity index (χ3v) is 15.3. The Labute approximate surface area is 369 Å². The standard InChI is InChI=1S/C46H81F3N6O7/c1-30-12-14-34-32(3)42(60-41(57)39(34)33(30)17-25-51-5)58-27-9-8-26-55(29-38(56)54-24-11-23-53-21-7-6-20-52-22-10-19-50)28-35-37-15-13-31(2)36-16-18-44(4)61-43(45(36,37)62-44)59-40(35)46(47,48)49/h30-34,36-37,39,41-43,51-53,57H,6-29,50H2,1-5H3,(H,54,56)/t30-,31?,32?,33?,34?,36?,37?,39?,41?,42?,43?,44?,45?/m1/s1. The van der Waals surface area contributed by atoms with Crippen molar-refractivity contribution in [2.75, 3.05) is 79.1 Å². The highest BCUT2D eigenvalue weighted by atomic mass is 19.4. The summed E-state index contributed by atoms with van der Waals surface area (Å²) in [4.78, 5) is 15.4. The molecule has 7 N–H and O–H groups in total. The Kier molecular flexibility index (Phi) is 18.3. The number of carbonyl (C=O) groups is 1. The minimum absolute atomic E-state index is 0.00144. The molecular weight excluding hydrogens is 806 g/mol. The number of unbranched alkanes of at least 4 members (excludes halogenated alkanes) is 2. The number of alkyl halides is 3. The van der Waals surface area contributed by atoms with Gasteiger partial charge in [0.15, 0.2) is 18.4 Å². The Hall–Kier alpha value is -1.60. The number of nitrogens with zero attached hydrogens (tertiary/aromatic N) is 1. The SMILES string of the molecule is CNCCC1C2C(O)OC(OCCCCN(CC(=O)NCCCNCCCCNCCCN)CC3=C(C(F)(F)F)OC4OC5(C)CCC6C(C)CCC3C46O5)C(C)C2CC[C@H]1C. The molecular formula is C46H81F3N6O7. The lowest BCUT2D eigenvalue weighted by Gasteiger charge is -2.56. The van der Waals surface area contributed by atoms with Crippen LogP contribution in [0.2, 0.25) is 0 Å². The normalized spacial score (nSPS) is 36.7. The van der Waals surface area contributed by atoms with E-state index in [0.29, 0.717) is 69.7 Å². The molecule has 1 spiro atoms. The summed E-state index contributed by atoms with van der Waals surface area (Å²) in [5.74, 6) is -1.14. The van der Waals surface area contributed by atoms with Crippen LogP contribution in [0.3, 0.4) is 0 Å². The third-order valence-electron chi connectivity index (χ3n) is 15.3. The molecule has 0 aromatic heterocycles. The van der Waals surface area contributed by atoms with Gasteiger partial charge in [0.05, 0.1) is 6.54 Å². The van der Waals surface area contributed by atoms with Crippen molar-refractivity contribution >= 4 is 5.91 Å². The number of fused-ring (bicyclic) bond motifs is 2. The van der Waals surface area contributed by atoms with Gasteiger partial charge >= 0.3 is 6.18 Å². The molecule has 1 amide bonds. The van der Waals surface area contributed by atoms with E-state index >= 15 is 13.2 Å². The van der Waals surface area contributed by atoms with E-state index in [2.05, 4.69) is 42.0 Å². The lowest BCUT2D eigenvalue weighted by molar-refractivity contribution is -0.320. The van der Waals surface area contributed by atoms with Crippen molar-refractivity contribution in [3.05, 3.63) is 11.3 Å². The largest absolute Gasteiger partial charge is 0.456 e. The molecule has 62 heavy (non-hydrogen) atoms. The van der Waals surface area contributed by atoms with Gasteiger partial charge in [0.2, 0.25) is 18.0 Å². The van der Waals surface area contributed by atoms with Crippen molar-refractivity contribution < 1.29 is 46.8 Å². The average molecular weight is 887 g/mol. The van der Waals surface area contributed by atoms with Gasteiger partial charge in [0, 0.05) is 43.9 Å². The molecule has 13 nitrogen and oxygen atoms in total. The van der Waals surface area contributed by atoms with Gasteiger partial charge in [-0.3, -0.25) is 9.69 Å². The van der Waals surface area contributed by atoms with Crippen LogP contribution >= 0.6 is 0 Å². The van der Waals surface area contributed by atoms with E-state index in [1.54, 1.807) is 0 Å². The highest BCUT2D eigenvalue weighted by Gasteiger charge is 2.72. The second-order valence-electron chi connectivity index (χ2n) is 19.7. The molecule has 16 heteroatoms. The zero-order chi connectivity index (χ0) is 44.5. The number of nitrogens with one attached hydrogen (secondary N) is 4. The highest BCUT2D eigenvalue weighted by molar-refractivity contribution is 5.78. The first kappa shape index (κ1) is 49.8. The van der Waals surface area contributed by atoms with Crippen LogP contribution in [0.5, 0.6) is 0 Å². The van der Waals surface area contributed by atoms with Crippen LogP contribution in [0.4, 0.5) is 13.2 Å². The average Bonchev–Trinajstić information content (AvgIpc) is 3.45. The van der Waals surface area contributed by atoms with Crippen LogP contribution < -0.4 is 27.0 Å². The van der Waals surface area contributed by atoms with Crippen molar-refractivity contribution in [2.24, 2.45) is 53.1 Å². The molecule has 12 unspecified atom stereocenters. The van der Waals surface area contributed by atoms with Gasteiger partial charge in [-0.25, -0.2) is 0 Å². The van der Waals surface area contributed by atoms with Gasteiger partial charge in [0.1, 0.15) is 5.60 Å². The van der Waals surface area contributed by atoms with E-state index < -0.39 is 48.1 Å². The van der Waals surface area contributed by atoms with Crippen molar-refractivity contribution in [2.45, 2.75) is 148 Å². The van der Waals surface area contributed by atoms with Gasteiger partial charge in [0.25, 0.3) is 0 Å². The van der Waals surface area contributed by atoms with Gasteiger partial charge in [-0.1, -0.05) is 27.2 Å². The highest BCUT2D eigenvalue weighted by Crippen LogP contribution is 2.64. The second kappa shape index (κ2) is 22.7. The number of amides is 1. The molecule has 6 aliphatic rings. The zero-order valence-electron chi connectivity index (χ0n) is 38.4. The van der Waals surface area contributed by atoms with Crippen molar-refractivity contribution in [3.8, 4) is 0 Å². The lowest BCUT2D eigenvalue weighted by atomic mass is 9.58. The number of halogens is 3. The first-order valence-corrected chi connectivity index (χ1v) is 24.3. The molecule has 6 rings (SSSR count). The van der Waals surface area contributed by atoms with Crippen LogP contribution in [-0.4, -0.2) is 131 Å². The minimum atomic E-state index is -4.74. The van der Waals surface area contributed by atoms with Gasteiger partial charge in [-0.05, 0) is 166 Å². The predicted molar refractivity (Wildman–Crippen MR) is 231 cm³/mol. The first-order valence-electron chi connectivity index (χ1n) is 24.3. The maximum atomic E-state index is 15.0. The van der Waals surface area contributed by atoms with E-state index in [1.807, 2.05) is 18.9 Å². The Balaban J connectivity index is 1.07. The van der Waals surface area contributed by atoms with E-state index in [4.69, 9.17) is 29.4 Å². The fraction of sp³-hybridized carbons (Fsp3) is 0.935. The van der Waals surface area contributed by atoms with E-state index in [0.717, 1.165) is 90.5 Å². The summed E-state index contributed by atoms with van der Waals surface area (Å²) in [5, 5.41) is 24.4. The molecule has 0 radical (unpaired) electrons. The Bertz CT molecular complexity index is 1450. The molecule has 0 aromatic carbocycles. The monoisotopic (exact) mass is 887 g/mol. The number of allylic oxidation sites excluding steroid dienone is 1. The number of rotatable bonds is 25. The molecule has 5 fully saturated rings. The van der Waals surface area contributed by atoms with E-state index in [1.165, 1.54) is 0 Å². The Morgan fingerprint density at radius 2 is 1.66 bits per heavy atom. The molecule has 2 aliphatic carbocycles. The number of hydrogen-bond acceptors (Lipinski definition) is 12. The second-order valence-corrected chi connectivity index (χ2v) is 19.7. The van der Waals surface area contributed by atoms with Crippen molar-refractivity contribution in [1.82, 2.24) is 26.2 Å². The van der Waals surface area contributed by atoms with Crippen LogP contribution in [0, 0.1) is 47.3 Å². The maximum Gasteiger partial charge on any atom is 0.449 e. The summed E-state index contributed by atoms with van der Waals surface area (Å²) >= 11 is 0. The lowest BCUT2D eigenvalue weighted by Crippen LogP contribution is -2.63. The van der Waals surface area contributed by atoms with E-state index in [-0.39, 0.29) is 48.2 Å². The summed E-state index contributed by atoms with van der Waals surface area (Å²) in [7, 11) is 1.96. The topological polar surface area (TPSA) is 161 Å². The number of aliphatic hydroxyl groups is 1. The quantitative estimate of drug-likeness (QED) is 0.0665. The summed E-state index contributed by atoms with van der Waals surface area (Å²) in [6.45, 7) is 14.7. The fourth-order valence-electron chi connectivity index (χ4n) is 12.1. The number of aliphatic hydroxyl groups excluding tert-OH is 1. The summed E-state index contributed by atoms with van der Waals surface area (Å²) < 4.78 is 76.5. The minimum Gasteiger partial charge on any atom is -0.456 e. The Morgan fingerprint density at radius 3 is 2.39 bits per heavy atom. The van der Waals surface area contributed by atoms with Gasteiger partial charge in [-0.2, -0.15) is 13.2 Å². The molecule has 2 bridgehead atoms. The van der Waals surface area contributed by atoms with Crippen LogP contribution in [0.15, 0.2) is 11.3 Å². The number of ether oxygens (including phenoxy) is 5.